The molecule has 0 saturated carbocycles. The zero-order valence-electron chi connectivity index (χ0n) is 9.99. The van der Waals surface area contributed by atoms with E-state index in [4.69, 9.17) is 33.8 Å². The van der Waals surface area contributed by atoms with E-state index in [1.807, 2.05) is 0 Å². The molecule has 0 heterocycles. The van der Waals surface area contributed by atoms with Crippen LogP contribution in [0.2, 0.25) is 5.02 Å². The van der Waals surface area contributed by atoms with E-state index in [0.717, 1.165) is 0 Å². The van der Waals surface area contributed by atoms with Gasteiger partial charge in [0.1, 0.15) is 12.2 Å². The second-order valence-electron chi connectivity index (χ2n) is 3.34. The Morgan fingerprint density at radius 2 is 2.21 bits per heavy atom. The van der Waals surface area contributed by atoms with E-state index < -0.39 is 5.91 Å². The highest BCUT2D eigenvalue weighted by atomic mass is 35.5. The van der Waals surface area contributed by atoms with Crippen LogP contribution >= 0.6 is 23.8 Å². The molecule has 0 saturated heterocycles. The fourth-order valence-corrected chi connectivity index (χ4v) is 1.55. The molecule has 1 aromatic rings. The Balaban J connectivity index is 2.55. The van der Waals surface area contributed by atoms with Crippen LogP contribution in [0.5, 0.6) is 5.75 Å². The van der Waals surface area contributed by atoms with Crippen molar-refractivity contribution < 1.29 is 9.53 Å². The third kappa shape index (κ3) is 5.42. The number of carbonyl (C=O) groups is 1. The molecule has 0 spiro atoms. The molecule has 1 amide bonds. The van der Waals surface area contributed by atoms with Crippen LogP contribution in [-0.2, 0) is 4.79 Å². The Hall–Kier alpha value is -2.04. The van der Waals surface area contributed by atoms with Crippen LogP contribution in [0.15, 0.2) is 18.2 Å². The first-order valence-corrected chi connectivity index (χ1v) is 5.91. The van der Waals surface area contributed by atoms with Gasteiger partial charge in [0.25, 0.3) is 5.91 Å². The maximum atomic E-state index is 11.0. The van der Waals surface area contributed by atoms with E-state index in [9.17, 15) is 4.79 Å². The lowest BCUT2D eigenvalue weighted by Gasteiger charge is -2.12. The highest BCUT2D eigenvalue weighted by Crippen LogP contribution is 2.23. The minimum atomic E-state index is -0.477. The zero-order chi connectivity index (χ0) is 14.3. The van der Waals surface area contributed by atoms with Gasteiger partial charge in [-0.05, 0) is 24.4 Å². The summed E-state index contributed by atoms with van der Waals surface area (Å²) >= 11 is 10.8. The number of anilines is 1. The summed E-state index contributed by atoms with van der Waals surface area (Å²) < 4.78 is 5.05. The Morgan fingerprint density at radius 3 is 2.84 bits per heavy atom. The van der Waals surface area contributed by atoms with Crippen molar-refractivity contribution in [3.63, 3.8) is 0 Å². The molecule has 0 unspecified atom stereocenters. The molecule has 0 aromatic heterocycles. The number of ether oxygens (including phenoxy) is 1. The van der Waals surface area contributed by atoms with Crippen LogP contribution in [0, 0.1) is 11.3 Å². The Bertz CT molecular complexity index is 530. The van der Waals surface area contributed by atoms with Gasteiger partial charge >= 0.3 is 0 Å². The van der Waals surface area contributed by atoms with E-state index in [0.29, 0.717) is 16.5 Å². The molecule has 0 aliphatic heterocycles. The van der Waals surface area contributed by atoms with Gasteiger partial charge in [-0.15, -0.1) is 0 Å². The second-order valence-corrected chi connectivity index (χ2v) is 4.19. The first-order valence-electron chi connectivity index (χ1n) is 5.12. The SMILES string of the molecule is COc1cc(Cl)cc(NC(=S)NNC(=O)CC#N)c1. The number of hydrazine groups is 1. The average Bonchev–Trinajstić information content (AvgIpc) is 2.36. The Labute approximate surface area is 120 Å². The molecule has 0 aliphatic carbocycles. The number of nitrogens with one attached hydrogen (secondary N) is 3. The van der Waals surface area contributed by atoms with Crippen molar-refractivity contribution in [1.29, 1.82) is 5.26 Å². The van der Waals surface area contributed by atoms with E-state index in [1.54, 1.807) is 24.3 Å². The molecule has 3 N–H and O–H groups in total. The normalized spacial score (nSPS) is 9.11. The van der Waals surface area contributed by atoms with E-state index in [1.165, 1.54) is 7.11 Å². The molecule has 100 valence electrons. The highest BCUT2D eigenvalue weighted by molar-refractivity contribution is 7.80. The van der Waals surface area contributed by atoms with Gasteiger partial charge in [-0.3, -0.25) is 15.6 Å². The lowest BCUT2D eigenvalue weighted by molar-refractivity contribution is -0.120. The van der Waals surface area contributed by atoms with Crippen LogP contribution in [0.25, 0.3) is 0 Å². The number of rotatable bonds is 3. The molecule has 19 heavy (non-hydrogen) atoms. The number of thiocarbonyl (C=S) groups is 1. The molecule has 0 radical (unpaired) electrons. The molecule has 0 fully saturated rings. The number of carbonyl (C=O) groups excluding carboxylic acids is 1. The topological polar surface area (TPSA) is 86.2 Å². The first kappa shape index (κ1) is 15.0. The molecule has 0 atom stereocenters. The molecule has 8 heteroatoms. The second kappa shape index (κ2) is 7.41. The van der Waals surface area contributed by atoms with Crippen molar-refractivity contribution in [1.82, 2.24) is 10.9 Å². The van der Waals surface area contributed by atoms with Crippen molar-refractivity contribution in [2.45, 2.75) is 6.42 Å². The summed E-state index contributed by atoms with van der Waals surface area (Å²) in [5, 5.41) is 11.8. The molecule has 6 nitrogen and oxygen atoms in total. The number of nitrogens with zero attached hydrogens (tertiary/aromatic N) is 1. The monoisotopic (exact) mass is 298 g/mol. The van der Waals surface area contributed by atoms with Crippen molar-refractivity contribution in [2.75, 3.05) is 12.4 Å². The number of benzene rings is 1. The minimum absolute atomic E-state index is 0.163. The van der Waals surface area contributed by atoms with Crippen molar-refractivity contribution >= 4 is 40.5 Å². The first-order chi connectivity index (χ1) is 9.05. The van der Waals surface area contributed by atoms with Gasteiger partial charge < -0.3 is 10.1 Å². The summed E-state index contributed by atoms with van der Waals surface area (Å²) in [5.41, 5.74) is 5.33. The summed E-state index contributed by atoms with van der Waals surface area (Å²) in [6.45, 7) is 0. The van der Waals surface area contributed by atoms with Crippen LogP contribution in [-0.4, -0.2) is 18.1 Å². The van der Waals surface area contributed by atoms with Gasteiger partial charge in [-0.1, -0.05) is 11.6 Å². The average molecular weight is 299 g/mol. The zero-order valence-corrected chi connectivity index (χ0v) is 11.6. The predicted molar refractivity (Wildman–Crippen MR) is 75.7 cm³/mol. The fourth-order valence-electron chi connectivity index (χ4n) is 1.16. The number of hydrogen-bond donors (Lipinski definition) is 3. The van der Waals surface area contributed by atoms with E-state index >= 15 is 0 Å². The quantitative estimate of drug-likeness (QED) is 0.580. The summed E-state index contributed by atoms with van der Waals surface area (Å²) in [4.78, 5) is 11.0. The maximum absolute atomic E-state index is 11.0. The standard InChI is InChI=1S/C11H11ClN4O2S/c1-18-9-5-7(12)4-8(6-9)14-11(19)16-15-10(17)2-3-13/h4-6H,2H2,1H3,(H,15,17)(H2,14,16,19). The summed E-state index contributed by atoms with van der Waals surface area (Å²) in [5.74, 6) is 0.0987. The number of methoxy groups -OCH3 is 1. The lowest BCUT2D eigenvalue weighted by Crippen LogP contribution is -2.43. The summed E-state index contributed by atoms with van der Waals surface area (Å²) in [6.07, 6.45) is -0.249. The van der Waals surface area contributed by atoms with Crippen molar-refractivity contribution in [3.8, 4) is 11.8 Å². The van der Waals surface area contributed by atoms with Gasteiger partial charge in [0.2, 0.25) is 0 Å². The minimum Gasteiger partial charge on any atom is -0.497 e. The number of hydrogen-bond acceptors (Lipinski definition) is 4. The van der Waals surface area contributed by atoms with E-state index in [2.05, 4.69) is 16.2 Å². The third-order valence-corrected chi connectivity index (χ3v) is 2.34. The van der Waals surface area contributed by atoms with Gasteiger partial charge in [-0.25, -0.2) is 0 Å². The molecular weight excluding hydrogens is 288 g/mol. The summed E-state index contributed by atoms with van der Waals surface area (Å²) in [7, 11) is 1.52. The molecule has 0 aliphatic rings. The number of halogens is 1. The molecular formula is C11H11ClN4O2S. The van der Waals surface area contributed by atoms with Gasteiger partial charge in [0, 0.05) is 16.8 Å². The van der Waals surface area contributed by atoms with Gasteiger partial charge in [-0.2, -0.15) is 5.26 Å². The van der Waals surface area contributed by atoms with Crippen LogP contribution in [0.1, 0.15) is 6.42 Å². The van der Waals surface area contributed by atoms with Crippen LogP contribution in [0.3, 0.4) is 0 Å². The molecule has 1 aromatic carbocycles. The Morgan fingerprint density at radius 1 is 1.47 bits per heavy atom. The van der Waals surface area contributed by atoms with Crippen LogP contribution < -0.4 is 20.9 Å². The predicted octanol–water partition coefficient (Wildman–Crippen LogP) is 1.58. The Kier molecular flexibility index (Phi) is 5.85. The lowest BCUT2D eigenvalue weighted by atomic mass is 10.3. The highest BCUT2D eigenvalue weighted by Gasteiger charge is 2.03. The summed E-state index contributed by atoms with van der Waals surface area (Å²) in [6, 6.07) is 6.70. The molecule has 1 rings (SSSR count). The van der Waals surface area contributed by atoms with Crippen molar-refractivity contribution in [3.05, 3.63) is 23.2 Å². The number of nitriles is 1. The number of amides is 1. The van der Waals surface area contributed by atoms with Gasteiger partial charge in [0.05, 0.1) is 13.2 Å². The van der Waals surface area contributed by atoms with Crippen LogP contribution in [0.4, 0.5) is 5.69 Å². The third-order valence-electron chi connectivity index (χ3n) is 1.92. The van der Waals surface area contributed by atoms with Crippen molar-refractivity contribution in [2.24, 2.45) is 0 Å². The maximum Gasteiger partial charge on any atom is 0.252 e. The van der Waals surface area contributed by atoms with Gasteiger partial charge in [0.15, 0.2) is 5.11 Å². The van der Waals surface area contributed by atoms with E-state index in [-0.39, 0.29) is 11.5 Å². The largest absolute Gasteiger partial charge is 0.497 e. The molecule has 0 bridgehead atoms. The fraction of sp³-hybridized carbons (Fsp3) is 0.182. The smallest absolute Gasteiger partial charge is 0.252 e.